The molecule has 0 spiro atoms. The molecule has 2 rings (SSSR count). The summed E-state index contributed by atoms with van der Waals surface area (Å²) in [6, 6.07) is 5.96. The molecule has 21 heavy (non-hydrogen) atoms. The third-order valence-electron chi connectivity index (χ3n) is 2.83. The Balaban J connectivity index is 2.13. The van der Waals surface area contributed by atoms with E-state index in [1.807, 2.05) is 0 Å². The fourth-order valence-electron chi connectivity index (χ4n) is 1.77. The van der Waals surface area contributed by atoms with E-state index >= 15 is 0 Å². The Bertz CT molecular complexity index is 735. The summed E-state index contributed by atoms with van der Waals surface area (Å²) < 4.78 is 26.0. The number of hydrogen-bond acceptors (Lipinski definition) is 4. The van der Waals surface area contributed by atoms with Gasteiger partial charge in [0.2, 0.25) is 10.0 Å². The van der Waals surface area contributed by atoms with Crippen LogP contribution in [0.2, 0.25) is 0 Å². The molecule has 3 N–H and O–H groups in total. The van der Waals surface area contributed by atoms with E-state index in [2.05, 4.69) is 20.2 Å². The van der Waals surface area contributed by atoms with Gasteiger partial charge in [0.1, 0.15) is 0 Å². The number of aromatic amines is 1. The van der Waals surface area contributed by atoms with Gasteiger partial charge in [0.25, 0.3) is 5.91 Å². The summed E-state index contributed by atoms with van der Waals surface area (Å²) in [7, 11) is -3.48. The van der Waals surface area contributed by atoms with E-state index in [0.29, 0.717) is 23.5 Å². The number of benzene rings is 1. The standard InChI is InChI=1S/C13H16N4O3S/c1-3-15-21(19,20)11-6-4-10(5-7-11)16-13(18)12-8-14-17-9(12)2/h4-8,15H,3H2,1-2H3,(H,14,17)(H,16,18). The molecule has 2 aromatic rings. The molecular formula is C13H16N4O3S. The summed E-state index contributed by atoms with van der Waals surface area (Å²) in [4.78, 5) is 12.1. The van der Waals surface area contributed by atoms with Crippen LogP contribution < -0.4 is 10.0 Å². The second kappa shape index (κ2) is 6.06. The number of anilines is 1. The highest BCUT2D eigenvalue weighted by molar-refractivity contribution is 7.89. The van der Waals surface area contributed by atoms with Crippen molar-refractivity contribution in [1.29, 1.82) is 0 Å². The Morgan fingerprint density at radius 2 is 1.95 bits per heavy atom. The summed E-state index contributed by atoms with van der Waals surface area (Å²) in [5.74, 6) is -0.302. The molecule has 8 heteroatoms. The van der Waals surface area contributed by atoms with Crippen molar-refractivity contribution in [3.05, 3.63) is 41.7 Å². The van der Waals surface area contributed by atoms with Crippen molar-refractivity contribution in [1.82, 2.24) is 14.9 Å². The first-order valence-corrected chi connectivity index (χ1v) is 7.83. The van der Waals surface area contributed by atoms with Gasteiger partial charge in [0, 0.05) is 17.9 Å². The summed E-state index contributed by atoms with van der Waals surface area (Å²) >= 11 is 0. The molecule has 1 amide bonds. The predicted molar refractivity (Wildman–Crippen MR) is 78.6 cm³/mol. The maximum Gasteiger partial charge on any atom is 0.259 e. The third kappa shape index (κ3) is 3.47. The Kier molecular flexibility index (Phi) is 4.39. The first-order valence-electron chi connectivity index (χ1n) is 6.35. The number of nitrogens with zero attached hydrogens (tertiary/aromatic N) is 1. The highest BCUT2D eigenvalue weighted by atomic mass is 32.2. The molecule has 0 unspecified atom stereocenters. The topological polar surface area (TPSA) is 104 Å². The molecule has 7 nitrogen and oxygen atoms in total. The highest BCUT2D eigenvalue weighted by Gasteiger charge is 2.14. The van der Waals surface area contributed by atoms with Gasteiger partial charge in [-0.25, -0.2) is 13.1 Å². The molecule has 0 atom stereocenters. The average molecular weight is 308 g/mol. The van der Waals surface area contributed by atoms with Gasteiger partial charge in [-0.2, -0.15) is 5.10 Å². The molecule has 112 valence electrons. The summed E-state index contributed by atoms with van der Waals surface area (Å²) in [5, 5.41) is 9.14. The fourth-order valence-corrected chi connectivity index (χ4v) is 2.81. The van der Waals surface area contributed by atoms with Crippen LogP contribution >= 0.6 is 0 Å². The van der Waals surface area contributed by atoms with Gasteiger partial charge in [-0.05, 0) is 31.2 Å². The average Bonchev–Trinajstić information content (AvgIpc) is 2.85. The van der Waals surface area contributed by atoms with Crippen LogP contribution in [0.15, 0.2) is 35.4 Å². The fraction of sp³-hybridized carbons (Fsp3) is 0.231. The lowest BCUT2D eigenvalue weighted by Crippen LogP contribution is -2.23. The van der Waals surface area contributed by atoms with Crippen LogP contribution in [0.4, 0.5) is 5.69 Å². The van der Waals surface area contributed by atoms with Gasteiger partial charge in [-0.3, -0.25) is 9.89 Å². The van der Waals surface area contributed by atoms with E-state index in [0.717, 1.165) is 0 Å². The Hall–Kier alpha value is -2.19. The minimum atomic E-state index is -3.48. The number of hydrogen-bond donors (Lipinski definition) is 3. The lowest BCUT2D eigenvalue weighted by Gasteiger charge is -2.07. The Morgan fingerprint density at radius 1 is 1.29 bits per heavy atom. The van der Waals surface area contributed by atoms with Crippen LogP contribution in [0, 0.1) is 6.92 Å². The maximum absolute atomic E-state index is 12.0. The molecule has 1 heterocycles. The van der Waals surface area contributed by atoms with E-state index in [-0.39, 0.29) is 10.8 Å². The van der Waals surface area contributed by atoms with Crippen molar-refractivity contribution in [2.24, 2.45) is 0 Å². The number of nitrogens with one attached hydrogen (secondary N) is 3. The monoisotopic (exact) mass is 308 g/mol. The number of aromatic nitrogens is 2. The van der Waals surface area contributed by atoms with Crippen molar-refractivity contribution in [2.75, 3.05) is 11.9 Å². The van der Waals surface area contributed by atoms with Crippen molar-refractivity contribution in [2.45, 2.75) is 18.7 Å². The molecule has 1 aromatic carbocycles. The normalized spacial score (nSPS) is 11.3. The second-order valence-corrected chi connectivity index (χ2v) is 6.16. The first kappa shape index (κ1) is 15.2. The Labute approximate surface area is 122 Å². The largest absolute Gasteiger partial charge is 0.322 e. The molecule has 0 aliphatic rings. The van der Waals surface area contributed by atoms with E-state index < -0.39 is 10.0 Å². The molecule has 0 aliphatic heterocycles. The molecular weight excluding hydrogens is 292 g/mol. The van der Waals surface area contributed by atoms with E-state index in [1.165, 1.54) is 30.5 Å². The van der Waals surface area contributed by atoms with Crippen molar-refractivity contribution >= 4 is 21.6 Å². The van der Waals surface area contributed by atoms with Crippen LogP contribution in [0.3, 0.4) is 0 Å². The van der Waals surface area contributed by atoms with Gasteiger partial charge in [0.15, 0.2) is 0 Å². The smallest absolute Gasteiger partial charge is 0.259 e. The van der Waals surface area contributed by atoms with Gasteiger partial charge < -0.3 is 5.32 Å². The van der Waals surface area contributed by atoms with Gasteiger partial charge in [0.05, 0.1) is 16.7 Å². The quantitative estimate of drug-likeness (QED) is 0.773. The van der Waals surface area contributed by atoms with E-state index in [9.17, 15) is 13.2 Å². The zero-order valence-corrected chi connectivity index (χ0v) is 12.5. The lowest BCUT2D eigenvalue weighted by atomic mass is 10.2. The third-order valence-corrected chi connectivity index (χ3v) is 4.39. The second-order valence-electron chi connectivity index (χ2n) is 4.39. The van der Waals surface area contributed by atoms with Crippen molar-refractivity contribution < 1.29 is 13.2 Å². The van der Waals surface area contributed by atoms with Crippen LogP contribution in [-0.4, -0.2) is 31.1 Å². The summed E-state index contributed by atoms with van der Waals surface area (Å²) in [5.41, 5.74) is 1.62. The minimum Gasteiger partial charge on any atom is -0.322 e. The lowest BCUT2D eigenvalue weighted by molar-refractivity contribution is 0.102. The van der Waals surface area contributed by atoms with E-state index in [1.54, 1.807) is 13.8 Å². The number of carbonyl (C=O) groups excluding carboxylic acids is 1. The number of H-pyrrole nitrogens is 1. The number of sulfonamides is 1. The maximum atomic E-state index is 12.0. The van der Waals surface area contributed by atoms with Crippen molar-refractivity contribution in [3.63, 3.8) is 0 Å². The molecule has 1 aromatic heterocycles. The van der Waals surface area contributed by atoms with Crippen LogP contribution in [0.25, 0.3) is 0 Å². The van der Waals surface area contributed by atoms with Crippen molar-refractivity contribution in [3.8, 4) is 0 Å². The SMILES string of the molecule is CCNS(=O)(=O)c1ccc(NC(=O)c2cn[nH]c2C)cc1. The molecule has 0 saturated heterocycles. The molecule has 0 aliphatic carbocycles. The highest BCUT2D eigenvalue weighted by Crippen LogP contribution is 2.15. The minimum absolute atomic E-state index is 0.154. The van der Waals surface area contributed by atoms with Crippen LogP contribution in [-0.2, 0) is 10.0 Å². The Morgan fingerprint density at radius 3 is 2.48 bits per heavy atom. The number of rotatable bonds is 5. The van der Waals surface area contributed by atoms with E-state index in [4.69, 9.17) is 0 Å². The van der Waals surface area contributed by atoms with Gasteiger partial charge in [-0.15, -0.1) is 0 Å². The van der Waals surface area contributed by atoms with Crippen LogP contribution in [0.1, 0.15) is 23.0 Å². The number of carbonyl (C=O) groups is 1. The number of aryl methyl sites for hydroxylation is 1. The molecule has 0 saturated carbocycles. The summed E-state index contributed by atoms with van der Waals surface area (Å²) in [6.45, 7) is 3.77. The zero-order valence-electron chi connectivity index (χ0n) is 11.7. The molecule has 0 radical (unpaired) electrons. The first-order chi connectivity index (χ1) is 9.94. The zero-order chi connectivity index (χ0) is 15.5. The molecule has 0 fully saturated rings. The van der Waals surface area contributed by atoms with Gasteiger partial charge in [-0.1, -0.05) is 6.92 Å². The molecule has 0 bridgehead atoms. The van der Waals surface area contributed by atoms with Gasteiger partial charge >= 0.3 is 0 Å². The summed E-state index contributed by atoms with van der Waals surface area (Å²) in [6.07, 6.45) is 1.44. The number of amides is 1. The van der Waals surface area contributed by atoms with Crippen LogP contribution in [0.5, 0.6) is 0 Å². The predicted octanol–water partition coefficient (Wildman–Crippen LogP) is 1.27.